The Hall–Kier alpha value is -2.86. The second kappa shape index (κ2) is 6.39. The summed E-state index contributed by atoms with van der Waals surface area (Å²) in [5.74, 6) is 0.620. The van der Waals surface area contributed by atoms with Gasteiger partial charge in [0.25, 0.3) is 0 Å². The number of likely N-dealkylation sites (N-methyl/N-ethyl adjacent to an activating group) is 1. The van der Waals surface area contributed by atoms with Crippen molar-refractivity contribution in [2.24, 2.45) is 0 Å². The van der Waals surface area contributed by atoms with Crippen molar-refractivity contribution in [1.82, 2.24) is 9.47 Å². The molecule has 0 unspecified atom stereocenters. The van der Waals surface area contributed by atoms with E-state index in [0.29, 0.717) is 17.1 Å². The number of hydrogen-bond acceptors (Lipinski definition) is 5. The highest BCUT2D eigenvalue weighted by molar-refractivity contribution is 6.46. The Morgan fingerprint density at radius 1 is 1.15 bits per heavy atom. The van der Waals surface area contributed by atoms with Crippen LogP contribution in [-0.2, 0) is 11.3 Å². The predicted octanol–water partition coefficient (Wildman–Crippen LogP) is 0.432. The molecule has 0 bridgehead atoms. The molecule has 0 radical (unpaired) electrons. The van der Waals surface area contributed by atoms with Crippen LogP contribution in [0.1, 0.15) is 22.3 Å². The van der Waals surface area contributed by atoms with Crippen molar-refractivity contribution >= 4 is 23.7 Å². The second-order valence-corrected chi connectivity index (χ2v) is 7.07. The minimum Gasteiger partial charge on any atom is -0.497 e. The molecule has 2 aromatic rings. The fourth-order valence-corrected chi connectivity index (χ4v) is 3.87. The Morgan fingerprint density at radius 2 is 1.93 bits per heavy atom. The lowest BCUT2D eigenvalue weighted by Crippen LogP contribution is -2.33. The van der Waals surface area contributed by atoms with Crippen molar-refractivity contribution in [2.75, 3.05) is 34.9 Å². The average Bonchev–Trinajstić information content (AvgIpc) is 3.16. The Bertz CT molecular complexity index is 1190. The number of rotatable bonds is 5. The SMILES string of the molecule is COc1cc(OC)c2c(c1)=c1c(c3c(n1CCN(C)C)=CCC(=O)C3=O)C=2. The number of nitrogens with zero attached hydrogens (tertiary/aromatic N) is 2. The van der Waals surface area contributed by atoms with E-state index in [0.717, 1.165) is 39.8 Å². The Balaban J connectivity index is 2.15. The van der Waals surface area contributed by atoms with Gasteiger partial charge in [-0.3, -0.25) is 9.59 Å². The van der Waals surface area contributed by atoms with Gasteiger partial charge in [0.05, 0.1) is 25.1 Å². The van der Waals surface area contributed by atoms with Crippen LogP contribution in [0.5, 0.6) is 11.5 Å². The van der Waals surface area contributed by atoms with E-state index in [4.69, 9.17) is 9.47 Å². The minimum atomic E-state index is -0.401. The third kappa shape index (κ3) is 2.59. The third-order valence-electron chi connectivity index (χ3n) is 5.19. The fraction of sp³-hybridized carbons (Fsp3) is 0.333. The minimum absolute atomic E-state index is 0.158. The molecule has 0 amide bonds. The first-order chi connectivity index (χ1) is 13.0. The van der Waals surface area contributed by atoms with Gasteiger partial charge in [-0.25, -0.2) is 0 Å². The van der Waals surface area contributed by atoms with Gasteiger partial charge in [-0.2, -0.15) is 0 Å². The summed E-state index contributed by atoms with van der Waals surface area (Å²) >= 11 is 0. The highest BCUT2D eigenvalue weighted by atomic mass is 16.5. The van der Waals surface area contributed by atoms with Crippen LogP contribution < -0.4 is 20.0 Å². The summed E-state index contributed by atoms with van der Waals surface area (Å²) in [6, 6.07) is 3.79. The molecule has 0 saturated carbocycles. The highest BCUT2D eigenvalue weighted by Crippen LogP contribution is 2.24. The number of hydrogen-bond donors (Lipinski definition) is 0. The number of methoxy groups -OCH3 is 2. The molecule has 2 aliphatic carbocycles. The van der Waals surface area contributed by atoms with Crippen molar-refractivity contribution in [3.05, 3.63) is 44.4 Å². The molecule has 6 nitrogen and oxygen atoms in total. The molecule has 0 fully saturated rings. The number of ether oxygens (including phenoxy) is 2. The summed E-state index contributed by atoms with van der Waals surface area (Å²) in [4.78, 5) is 26.9. The van der Waals surface area contributed by atoms with Crippen LogP contribution >= 0.6 is 0 Å². The van der Waals surface area contributed by atoms with E-state index in [1.165, 1.54) is 0 Å². The van der Waals surface area contributed by atoms with Gasteiger partial charge in [-0.1, -0.05) is 6.08 Å². The van der Waals surface area contributed by atoms with E-state index < -0.39 is 5.78 Å². The van der Waals surface area contributed by atoms with E-state index in [9.17, 15) is 9.59 Å². The molecule has 0 atom stereocenters. The maximum Gasteiger partial charge on any atom is 0.231 e. The van der Waals surface area contributed by atoms with Crippen LogP contribution in [0.4, 0.5) is 0 Å². The molecule has 1 aromatic carbocycles. The molecule has 140 valence electrons. The molecule has 1 aromatic heterocycles. The molecule has 0 aliphatic heterocycles. The van der Waals surface area contributed by atoms with E-state index in [1.807, 2.05) is 38.4 Å². The standard InChI is InChI=1S/C21H22N2O4/c1-22(2)7-8-23-16-5-6-17(24)21(25)19(16)15-11-13-14(20(15)23)9-12(26-3)10-18(13)27-4/h5,9-11H,6-8H2,1-4H3. The van der Waals surface area contributed by atoms with Crippen molar-refractivity contribution in [3.8, 4) is 11.5 Å². The number of carbonyl (C=O) groups is 2. The van der Waals surface area contributed by atoms with Crippen LogP contribution in [0.3, 0.4) is 0 Å². The Morgan fingerprint density at radius 3 is 2.59 bits per heavy atom. The zero-order valence-electron chi connectivity index (χ0n) is 16.0. The van der Waals surface area contributed by atoms with Crippen molar-refractivity contribution in [3.63, 3.8) is 0 Å². The highest BCUT2D eigenvalue weighted by Gasteiger charge is 2.29. The number of benzene rings is 1. The van der Waals surface area contributed by atoms with Gasteiger partial charge in [0, 0.05) is 46.9 Å². The van der Waals surface area contributed by atoms with Gasteiger partial charge >= 0.3 is 0 Å². The number of aromatic nitrogens is 1. The molecule has 0 N–H and O–H groups in total. The molecular formula is C21H22N2O4. The van der Waals surface area contributed by atoms with E-state index in [-0.39, 0.29) is 12.2 Å². The van der Waals surface area contributed by atoms with Crippen LogP contribution in [0.25, 0.3) is 12.2 Å². The third-order valence-corrected chi connectivity index (χ3v) is 5.19. The largest absolute Gasteiger partial charge is 0.497 e. The first-order valence-electron chi connectivity index (χ1n) is 8.89. The molecular weight excluding hydrogens is 344 g/mol. The quantitative estimate of drug-likeness (QED) is 0.613. The van der Waals surface area contributed by atoms with Crippen molar-refractivity contribution < 1.29 is 19.1 Å². The van der Waals surface area contributed by atoms with Gasteiger partial charge in [-0.05, 0) is 26.2 Å². The summed E-state index contributed by atoms with van der Waals surface area (Å²) < 4.78 is 13.1. The Labute approximate surface area is 156 Å². The van der Waals surface area contributed by atoms with E-state index in [2.05, 4.69) is 9.47 Å². The van der Waals surface area contributed by atoms with Crippen molar-refractivity contribution in [2.45, 2.75) is 13.0 Å². The number of carbonyl (C=O) groups excluding carboxylic acids is 2. The fourth-order valence-electron chi connectivity index (χ4n) is 3.87. The lowest BCUT2D eigenvalue weighted by molar-refractivity contribution is -0.114. The Kier molecular flexibility index (Phi) is 4.15. The first kappa shape index (κ1) is 17.5. The molecule has 4 rings (SSSR count). The van der Waals surface area contributed by atoms with Crippen LogP contribution in [-0.4, -0.2) is 55.9 Å². The topological polar surface area (TPSA) is 60.8 Å². The summed E-state index contributed by atoms with van der Waals surface area (Å²) in [5, 5.41) is 3.67. The summed E-state index contributed by atoms with van der Waals surface area (Å²) in [6.45, 7) is 1.54. The predicted molar refractivity (Wildman–Crippen MR) is 101 cm³/mol. The molecule has 2 aliphatic rings. The number of fused-ring (bicyclic) bond motifs is 4. The summed E-state index contributed by atoms with van der Waals surface area (Å²) in [5.41, 5.74) is 1.32. The zero-order valence-corrected chi connectivity index (χ0v) is 16.0. The summed E-state index contributed by atoms with van der Waals surface area (Å²) in [6.07, 6.45) is 3.99. The van der Waals surface area contributed by atoms with Gasteiger partial charge in [-0.15, -0.1) is 0 Å². The van der Waals surface area contributed by atoms with Crippen LogP contribution in [0.15, 0.2) is 12.1 Å². The summed E-state index contributed by atoms with van der Waals surface area (Å²) in [7, 11) is 7.26. The normalized spacial score (nSPS) is 14.4. The van der Waals surface area contributed by atoms with Gasteiger partial charge in [0.15, 0.2) is 0 Å². The maximum atomic E-state index is 12.7. The first-order valence-corrected chi connectivity index (χ1v) is 8.89. The zero-order chi connectivity index (χ0) is 19.3. The van der Waals surface area contributed by atoms with Crippen LogP contribution in [0.2, 0.25) is 0 Å². The smallest absolute Gasteiger partial charge is 0.231 e. The molecule has 0 spiro atoms. The maximum absolute atomic E-state index is 12.7. The number of ketones is 2. The molecule has 0 saturated heterocycles. The van der Waals surface area contributed by atoms with E-state index >= 15 is 0 Å². The molecule has 1 heterocycles. The molecule has 6 heteroatoms. The van der Waals surface area contributed by atoms with Gasteiger partial charge in [0.2, 0.25) is 11.6 Å². The monoisotopic (exact) mass is 366 g/mol. The lowest BCUT2D eigenvalue weighted by Gasteiger charge is -2.13. The second-order valence-electron chi connectivity index (χ2n) is 7.07. The van der Waals surface area contributed by atoms with Crippen molar-refractivity contribution in [1.29, 1.82) is 0 Å². The van der Waals surface area contributed by atoms with E-state index in [1.54, 1.807) is 14.2 Å². The van der Waals surface area contributed by atoms with Crippen LogP contribution in [0, 0.1) is 10.6 Å². The van der Waals surface area contributed by atoms with Gasteiger partial charge in [0.1, 0.15) is 11.5 Å². The lowest BCUT2D eigenvalue weighted by atomic mass is 9.98. The molecule has 27 heavy (non-hydrogen) atoms. The van der Waals surface area contributed by atoms with Gasteiger partial charge < -0.3 is 18.9 Å². The number of Topliss-reactive ketones (excluding diaryl/α,β-unsaturated/α-hetero) is 2. The average molecular weight is 366 g/mol.